The molecule has 2 aromatic carbocycles. The SMILES string of the molecule is CCOc1ccc(OCCC(=O)OCC(=O)N[C@H](C)c2ccccc2)cc1. The van der Waals surface area contributed by atoms with E-state index in [1.807, 2.05) is 44.2 Å². The van der Waals surface area contributed by atoms with Crippen LogP contribution < -0.4 is 14.8 Å². The average Bonchev–Trinajstić information content (AvgIpc) is 2.68. The highest BCUT2D eigenvalue weighted by Gasteiger charge is 2.12. The fourth-order valence-corrected chi connectivity index (χ4v) is 2.38. The standard InChI is InChI=1S/C21H25NO5/c1-3-25-18-9-11-19(12-10-18)26-14-13-21(24)27-15-20(23)22-16(2)17-7-5-4-6-8-17/h4-12,16H,3,13-15H2,1-2H3,(H,22,23)/t16-/m1/s1. The second-order valence-corrected chi connectivity index (χ2v) is 5.86. The van der Waals surface area contributed by atoms with Crippen molar-refractivity contribution in [3.8, 4) is 11.5 Å². The molecule has 0 aromatic heterocycles. The molecule has 6 nitrogen and oxygen atoms in total. The Bertz CT molecular complexity index is 715. The summed E-state index contributed by atoms with van der Waals surface area (Å²) in [6.45, 7) is 4.26. The third kappa shape index (κ3) is 7.40. The maximum atomic E-state index is 11.9. The Labute approximate surface area is 159 Å². The van der Waals surface area contributed by atoms with Crippen molar-refractivity contribution in [2.45, 2.75) is 26.3 Å². The Morgan fingerprint density at radius 1 is 0.963 bits per heavy atom. The van der Waals surface area contributed by atoms with Crippen molar-refractivity contribution in [3.05, 3.63) is 60.2 Å². The normalized spacial score (nSPS) is 11.3. The fourth-order valence-electron chi connectivity index (χ4n) is 2.38. The molecule has 0 unspecified atom stereocenters. The van der Waals surface area contributed by atoms with Crippen LogP contribution in [0.3, 0.4) is 0 Å². The number of hydrogen-bond donors (Lipinski definition) is 1. The summed E-state index contributed by atoms with van der Waals surface area (Å²) in [5, 5.41) is 2.79. The molecule has 27 heavy (non-hydrogen) atoms. The molecule has 0 heterocycles. The predicted octanol–water partition coefficient (Wildman–Crippen LogP) is 3.27. The van der Waals surface area contributed by atoms with Gasteiger partial charge >= 0.3 is 5.97 Å². The molecule has 1 amide bonds. The van der Waals surface area contributed by atoms with E-state index < -0.39 is 5.97 Å². The number of carbonyl (C=O) groups is 2. The summed E-state index contributed by atoms with van der Waals surface area (Å²) in [6.07, 6.45) is 0.0642. The lowest BCUT2D eigenvalue weighted by Gasteiger charge is -2.14. The van der Waals surface area contributed by atoms with Crippen LogP contribution in [0.4, 0.5) is 0 Å². The molecule has 0 saturated heterocycles. The third-order valence-electron chi connectivity index (χ3n) is 3.75. The zero-order chi connectivity index (χ0) is 19.5. The van der Waals surface area contributed by atoms with Gasteiger partial charge in [0, 0.05) is 0 Å². The van der Waals surface area contributed by atoms with E-state index in [2.05, 4.69) is 5.32 Å². The Morgan fingerprint density at radius 3 is 2.22 bits per heavy atom. The van der Waals surface area contributed by atoms with Gasteiger partial charge in [-0.05, 0) is 43.7 Å². The first-order chi connectivity index (χ1) is 13.1. The molecular weight excluding hydrogens is 346 g/mol. The lowest BCUT2D eigenvalue weighted by Crippen LogP contribution is -2.31. The van der Waals surface area contributed by atoms with Gasteiger partial charge in [-0.1, -0.05) is 30.3 Å². The van der Waals surface area contributed by atoms with E-state index >= 15 is 0 Å². The number of nitrogens with one attached hydrogen (secondary N) is 1. The highest BCUT2D eigenvalue weighted by molar-refractivity contribution is 5.80. The second kappa shape index (κ2) is 10.9. The Morgan fingerprint density at radius 2 is 1.59 bits per heavy atom. The summed E-state index contributed by atoms with van der Waals surface area (Å²) in [5.74, 6) is 0.580. The van der Waals surface area contributed by atoms with Gasteiger partial charge < -0.3 is 19.5 Å². The van der Waals surface area contributed by atoms with Crippen LogP contribution in [-0.4, -0.2) is 31.7 Å². The fraction of sp³-hybridized carbons (Fsp3) is 0.333. The smallest absolute Gasteiger partial charge is 0.309 e. The van der Waals surface area contributed by atoms with Crippen molar-refractivity contribution in [2.24, 2.45) is 0 Å². The van der Waals surface area contributed by atoms with Crippen molar-refractivity contribution < 1.29 is 23.8 Å². The van der Waals surface area contributed by atoms with Crippen LogP contribution in [0.2, 0.25) is 0 Å². The maximum Gasteiger partial charge on any atom is 0.309 e. The Kier molecular flexibility index (Phi) is 8.16. The number of esters is 1. The monoisotopic (exact) mass is 371 g/mol. The minimum Gasteiger partial charge on any atom is -0.494 e. The number of benzene rings is 2. The Hall–Kier alpha value is -3.02. The molecule has 0 aliphatic heterocycles. The quantitative estimate of drug-likeness (QED) is 0.649. The number of hydrogen-bond acceptors (Lipinski definition) is 5. The molecule has 0 bridgehead atoms. The van der Waals surface area contributed by atoms with Crippen molar-refractivity contribution in [2.75, 3.05) is 19.8 Å². The van der Waals surface area contributed by atoms with Gasteiger partial charge in [-0.15, -0.1) is 0 Å². The van der Waals surface area contributed by atoms with Gasteiger partial charge in [0.15, 0.2) is 6.61 Å². The highest BCUT2D eigenvalue weighted by Crippen LogP contribution is 2.17. The molecule has 144 valence electrons. The van der Waals surface area contributed by atoms with Gasteiger partial charge in [0.1, 0.15) is 11.5 Å². The third-order valence-corrected chi connectivity index (χ3v) is 3.75. The number of carbonyl (C=O) groups excluding carboxylic acids is 2. The molecule has 6 heteroatoms. The van der Waals surface area contributed by atoms with Crippen molar-refractivity contribution in [3.63, 3.8) is 0 Å². The van der Waals surface area contributed by atoms with Gasteiger partial charge in [0.05, 0.1) is 25.7 Å². The van der Waals surface area contributed by atoms with Crippen LogP contribution >= 0.6 is 0 Å². The van der Waals surface area contributed by atoms with Crippen LogP contribution in [0.5, 0.6) is 11.5 Å². The minimum atomic E-state index is -0.483. The van der Waals surface area contributed by atoms with Crippen LogP contribution in [0.25, 0.3) is 0 Å². The van der Waals surface area contributed by atoms with Gasteiger partial charge in [-0.3, -0.25) is 9.59 Å². The first kappa shape index (κ1) is 20.3. The summed E-state index contributed by atoms with van der Waals surface area (Å²) in [4.78, 5) is 23.6. The van der Waals surface area contributed by atoms with E-state index in [4.69, 9.17) is 14.2 Å². The number of ether oxygens (including phenoxy) is 3. The zero-order valence-electron chi connectivity index (χ0n) is 15.6. The van der Waals surface area contributed by atoms with Crippen molar-refractivity contribution in [1.29, 1.82) is 0 Å². The topological polar surface area (TPSA) is 73.9 Å². The van der Waals surface area contributed by atoms with Crippen molar-refractivity contribution in [1.82, 2.24) is 5.32 Å². The lowest BCUT2D eigenvalue weighted by atomic mass is 10.1. The van der Waals surface area contributed by atoms with Crippen LogP contribution in [0.15, 0.2) is 54.6 Å². The van der Waals surface area contributed by atoms with E-state index in [1.165, 1.54) is 0 Å². The molecule has 0 saturated carbocycles. The summed E-state index contributed by atoms with van der Waals surface area (Å²) >= 11 is 0. The molecular formula is C21H25NO5. The highest BCUT2D eigenvalue weighted by atomic mass is 16.5. The number of rotatable bonds is 10. The molecule has 1 N–H and O–H groups in total. The van der Waals surface area contributed by atoms with E-state index in [9.17, 15) is 9.59 Å². The van der Waals surface area contributed by atoms with Gasteiger partial charge in [-0.2, -0.15) is 0 Å². The molecule has 2 rings (SSSR count). The van der Waals surface area contributed by atoms with E-state index in [0.717, 1.165) is 11.3 Å². The van der Waals surface area contributed by atoms with Gasteiger partial charge in [0.25, 0.3) is 5.91 Å². The molecule has 0 fully saturated rings. The van der Waals surface area contributed by atoms with Crippen LogP contribution in [-0.2, 0) is 14.3 Å². The van der Waals surface area contributed by atoms with E-state index in [0.29, 0.717) is 12.4 Å². The molecule has 0 radical (unpaired) electrons. The predicted molar refractivity (Wildman–Crippen MR) is 102 cm³/mol. The van der Waals surface area contributed by atoms with Crippen molar-refractivity contribution >= 4 is 11.9 Å². The molecule has 2 aromatic rings. The first-order valence-corrected chi connectivity index (χ1v) is 8.94. The van der Waals surface area contributed by atoms with Gasteiger partial charge in [0.2, 0.25) is 0 Å². The number of amides is 1. The second-order valence-electron chi connectivity index (χ2n) is 5.86. The van der Waals surface area contributed by atoms with Crippen LogP contribution in [0.1, 0.15) is 31.9 Å². The van der Waals surface area contributed by atoms with E-state index in [1.54, 1.807) is 24.3 Å². The average molecular weight is 371 g/mol. The van der Waals surface area contributed by atoms with E-state index in [-0.39, 0.29) is 31.6 Å². The van der Waals surface area contributed by atoms with Gasteiger partial charge in [-0.25, -0.2) is 0 Å². The molecule has 0 spiro atoms. The minimum absolute atomic E-state index is 0.0642. The zero-order valence-corrected chi connectivity index (χ0v) is 15.6. The summed E-state index contributed by atoms with van der Waals surface area (Å²) < 4.78 is 15.8. The largest absolute Gasteiger partial charge is 0.494 e. The summed E-state index contributed by atoms with van der Waals surface area (Å²) in [5.41, 5.74) is 0.987. The molecule has 0 aliphatic rings. The molecule has 0 aliphatic carbocycles. The first-order valence-electron chi connectivity index (χ1n) is 8.94. The summed E-state index contributed by atoms with van der Waals surface area (Å²) in [6, 6.07) is 16.6. The summed E-state index contributed by atoms with van der Waals surface area (Å²) in [7, 11) is 0. The van der Waals surface area contributed by atoms with Crippen LogP contribution in [0, 0.1) is 0 Å². The molecule has 1 atom stereocenters. The Balaban J connectivity index is 1.63. The lowest BCUT2D eigenvalue weighted by molar-refractivity contribution is -0.149. The maximum absolute atomic E-state index is 11.9.